The molecule has 2 bridgehead atoms. The van der Waals surface area contributed by atoms with Crippen LogP contribution in [0.2, 0.25) is 5.02 Å². The molecule has 35 heavy (non-hydrogen) atoms. The monoisotopic (exact) mass is 503 g/mol. The molecule has 2 fully saturated rings. The maximum atomic E-state index is 14.7. The fourth-order valence-corrected chi connectivity index (χ4v) is 5.07. The molecule has 2 aromatic rings. The predicted octanol–water partition coefficient (Wildman–Crippen LogP) is 6.39. The van der Waals surface area contributed by atoms with Gasteiger partial charge in [-0.1, -0.05) is 41.9 Å². The molecule has 2 aliphatic heterocycles. The molecular formula is C27H31ClFNO5. The molecule has 2 aromatic carbocycles. The molecule has 2 heterocycles. The lowest BCUT2D eigenvalue weighted by Crippen LogP contribution is -2.49. The van der Waals surface area contributed by atoms with Crippen molar-refractivity contribution in [3.8, 4) is 5.75 Å². The standard InChI is InChI=1S/C27H31ClFNO5/c1-27(2,3)35-25(31)20-13-21(28)24(14-22(20)29)33-16-18-9-10-19-11-12-23(18)30(19)26(32)34-15-17-7-5-4-6-8-17/h4-8,13-14,18-19,23H,9-12,15-16H2,1-3H3. The molecule has 2 aliphatic rings. The number of esters is 1. The molecule has 1 amide bonds. The number of rotatable bonds is 6. The molecular weight excluding hydrogens is 473 g/mol. The van der Waals surface area contributed by atoms with Gasteiger partial charge in [0, 0.05) is 24.1 Å². The minimum absolute atomic E-state index is 0.00156. The molecule has 4 rings (SSSR count). The zero-order valence-corrected chi connectivity index (χ0v) is 21.0. The Morgan fingerprint density at radius 3 is 2.51 bits per heavy atom. The van der Waals surface area contributed by atoms with Crippen LogP contribution in [0, 0.1) is 11.7 Å². The maximum Gasteiger partial charge on any atom is 0.410 e. The van der Waals surface area contributed by atoms with E-state index in [1.165, 1.54) is 6.07 Å². The fraction of sp³-hybridized carbons (Fsp3) is 0.481. The maximum absolute atomic E-state index is 14.7. The highest BCUT2D eigenvalue weighted by Gasteiger charge is 2.45. The van der Waals surface area contributed by atoms with E-state index in [2.05, 4.69) is 0 Å². The first kappa shape index (κ1) is 25.3. The van der Waals surface area contributed by atoms with Crippen molar-refractivity contribution < 1.29 is 28.2 Å². The van der Waals surface area contributed by atoms with Gasteiger partial charge in [-0.25, -0.2) is 14.0 Å². The minimum Gasteiger partial charge on any atom is -0.492 e. The first-order valence-electron chi connectivity index (χ1n) is 12.0. The van der Waals surface area contributed by atoms with Gasteiger partial charge in [-0.3, -0.25) is 0 Å². The van der Waals surface area contributed by atoms with Crippen LogP contribution in [0.4, 0.5) is 9.18 Å². The van der Waals surface area contributed by atoms with Crippen LogP contribution in [-0.2, 0) is 16.1 Å². The van der Waals surface area contributed by atoms with E-state index in [4.69, 9.17) is 25.8 Å². The van der Waals surface area contributed by atoms with E-state index in [-0.39, 0.29) is 53.6 Å². The van der Waals surface area contributed by atoms with Crippen molar-refractivity contribution in [3.05, 3.63) is 64.4 Å². The second kappa shape index (κ2) is 10.4. The third-order valence-electron chi connectivity index (χ3n) is 6.47. The first-order valence-corrected chi connectivity index (χ1v) is 12.3. The Hall–Kier alpha value is -2.80. The third kappa shape index (κ3) is 6.07. The van der Waals surface area contributed by atoms with Gasteiger partial charge in [-0.15, -0.1) is 0 Å². The van der Waals surface area contributed by atoms with Crippen LogP contribution < -0.4 is 4.74 Å². The number of amides is 1. The summed E-state index contributed by atoms with van der Waals surface area (Å²) in [5.41, 5.74) is -0.0446. The molecule has 0 spiro atoms. The highest BCUT2D eigenvalue weighted by Crippen LogP contribution is 2.40. The van der Waals surface area contributed by atoms with Gasteiger partial charge >= 0.3 is 12.1 Å². The second-order valence-corrected chi connectivity index (χ2v) is 10.6. The molecule has 3 unspecified atom stereocenters. The number of halogens is 2. The summed E-state index contributed by atoms with van der Waals surface area (Å²) in [7, 11) is 0. The van der Waals surface area contributed by atoms with Gasteiger partial charge in [-0.05, 0) is 58.1 Å². The number of carbonyl (C=O) groups is 2. The topological polar surface area (TPSA) is 65.1 Å². The molecule has 6 nitrogen and oxygen atoms in total. The Morgan fingerprint density at radius 2 is 1.80 bits per heavy atom. The number of hydrogen-bond acceptors (Lipinski definition) is 5. The lowest BCUT2D eigenvalue weighted by atomic mass is 9.91. The SMILES string of the molecule is CC(C)(C)OC(=O)c1cc(Cl)c(OCC2CCC3CCC2N3C(=O)OCc2ccccc2)cc1F. The fourth-order valence-electron chi connectivity index (χ4n) is 4.86. The van der Waals surface area contributed by atoms with Crippen molar-refractivity contribution in [2.24, 2.45) is 5.92 Å². The largest absolute Gasteiger partial charge is 0.492 e. The van der Waals surface area contributed by atoms with Crippen molar-refractivity contribution >= 4 is 23.7 Å². The van der Waals surface area contributed by atoms with Crippen molar-refractivity contribution in [1.82, 2.24) is 4.90 Å². The Bertz CT molecular complexity index is 1070. The van der Waals surface area contributed by atoms with Crippen LogP contribution in [0.1, 0.15) is 62.4 Å². The van der Waals surface area contributed by atoms with Crippen molar-refractivity contribution in [2.75, 3.05) is 6.61 Å². The summed E-state index contributed by atoms with van der Waals surface area (Å²) in [6.45, 7) is 5.64. The normalized spacial score (nSPS) is 21.5. The molecule has 8 heteroatoms. The van der Waals surface area contributed by atoms with Gasteiger partial charge in [0.05, 0.1) is 17.2 Å². The van der Waals surface area contributed by atoms with E-state index >= 15 is 0 Å². The summed E-state index contributed by atoms with van der Waals surface area (Å²) < 4.78 is 31.4. The van der Waals surface area contributed by atoms with Crippen LogP contribution >= 0.6 is 11.6 Å². The molecule has 2 saturated heterocycles. The Labute approximate surface area is 210 Å². The van der Waals surface area contributed by atoms with Crippen molar-refractivity contribution in [3.63, 3.8) is 0 Å². The smallest absolute Gasteiger partial charge is 0.410 e. The van der Waals surface area contributed by atoms with Gasteiger partial charge in [0.25, 0.3) is 0 Å². The van der Waals surface area contributed by atoms with Crippen LogP contribution in [-0.4, -0.2) is 41.3 Å². The summed E-state index contributed by atoms with van der Waals surface area (Å²) in [5.74, 6) is -1.30. The van der Waals surface area contributed by atoms with Gasteiger partial charge < -0.3 is 19.1 Å². The Morgan fingerprint density at radius 1 is 1.09 bits per heavy atom. The number of fused-ring (bicyclic) bond motifs is 2. The molecule has 0 saturated carbocycles. The van der Waals surface area contributed by atoms with Crippen molar-refractivity contribution in [2.45, 2.75) is 70.7 Å². The Kier molecular flexibility index (Phi) is 7.55. The summed E-state index contributed by atoms with van der Waals surface area (Å²) in [6.07, 6.45) is 3.26. The minimum atomic E-state index is -0.780. The van der Waals surface area contributed by atoms with Gasteiger partial charge in [0.1, 0.15) is 23.8 Å². The summed E-state index contributed by atoms with van der Waals surface area (Å²) in [6, 6.07) is 12.1. The van der Waals surface area contributed by atoms with Crippen LogP contribution in [0.25, 0.3) is 0 Å². The van der Waals surface area contributed by atoms with E-state index in [0.717, 1.165) is 37.3 Å². The highest BCUT2D eigenvalue weighted by atomic mass is 35.5. The number of ether oxygens (including phenoxy) is 3. The van der Waals surface area contributed by atoms with Gasteiger partial charge in [0.15, 0.2) is 0 Å². The number of nitrogens with zero attached hydrogens (tertiary/aromatic N) is 1. The highest BCUT2D eigenvalue weighted by molar-refractivity contribution is 6.32. The third-order valence-corrected chi connectivity index (χ3v) is 6.77. The van der Waals surface area contributed by atoms with Crippen LogP contribution in [0.15, 0.2) is 42.5 Å². The summed E-state index contributed by atoms with van der Waals surface area (Å²) in [5, 5.41) is 0.131. The van der Waals surface area contributed by atoms with Gasteiger partial charge in [0.2, 0.25) is 0 Å². The molecule has 0 aliphatic carbocycles. The molecule has 0 N–H and O–H groups in total. The van der Waals surface area contributed by atoms with Crippen LogP contribution in [0.3, 0.4) is 0 Å². The van der Waals surface area contributed by atoms with E-state index in [1.54, 1.807) is 20.8 Å². The predicted molar refractivity (Wildman–Crippen MR) is 130 cm³/mol. The molecule has 188 valence electrons. The van der Waals surface area contributed by atoms with E-state index in [1.807, 2.05) is 35.2 Å². The first-order chi connectivity index (χ1) is 16.6. The zero-order chi connectivity index (χ0) is 25.2. The quantitative estimate of drug-likeness (QED) is 0.427. The second-order valence-electron chi connectivity index (χ2n) is 10.2. The molecule has 0 aromatic heterocycles. The number of carbonyl (C=O) groups excluding carboxylic acids is 2. The Balaban J connectivity index is 1.38. The van der Waals surface area contributed by atoms with Crippen molar-refractivity contribution in [1.29, 1.82) is 0 Å². The summed E-state index contributed by atoms with van der Waals surface area (Å²) in [4.78, 5) is 27.0. The number of hydrogen-bond donors (Lipinski definition) is 0. The lowest BCUT2D eigenvalue weighted by Gasteiger charge is -2.39. The average molecular weight is 504 g/mol. The zero-order valence-electron chi connectivity index (χ0n) is 20.3. The molecule has 3 atom stereocenters. The number of benzene rings is 2. The van der Waals surface area contributed by atoms with E-state index < -0.39 is 17.4 Å². The number of piperidine rings is 1. The summed E-state index contributed by atoms with van der Waals surface area (Å²) >= 11 is 6.31. The average Bonchev–Trinajstić information content (AvgIpc) is 3.12. The van der Waals surface area contributed by atoms with Gasteiger partial charge in [-0.2, -0.15) is 0 Å². The lowest BCUT2D eigenvalue weighted by molar-refractivity contribution is 0.00645. The molecule has 0 radical (unpaired) electrons. The van der Waals surface area contributed by atoms with Crippen LogP contribution in [0.5, 0.6) is 5.75 Å². The van der Waals surface area contributed by atoms with E-state index in [9.17, 15) is 14.0 Å². The van der Waals surface area contributed by atoms with E-state index in [0.29, 0.717) is 0 Å².